The van der Waals surface area contributed by atoms with Gasteiger partial charge in [-0.05, 0) is 43.4 Å². The lowest BCUT2D eigenvalue weighted by molar-refractivity contribution is -0.143. The number of rotatable bonds is 3. The molecule has 2 unspecified atom stereocenters. The Kier molecular flexibility index (Phi) is 5.16. The molecule has 1 heterocycles. The Balaban J connectivity index is 1.98. The summed E-state index contributed by atoms with van der Waals surface area (Å²) in [5.41, 5.74) is 0.189. The first-order valence-corrected chi connectivity index (χ1v) is 8.43. The minimum absolute atomic E-state index is 0.189. The van der Waals surface area contributed by atoms with E-state index < -0.39 is 0 Å². The Morgan fingerprint density at radius 2 is 2.05 bits per heavy atom. The van der Waals surface area contributed by atoms with Gasteiger partial charge < -0.3 is 4.90 Å². The van der Waals surface area contributed by atoms with E-state index >= 15 is 0 Å². The van der Waals surface area contributed by atoms with E-state index in [4.69, 9.17) is 11.6 Å². The second kappa shape index (κ2) is 6.47. The van der Waals surface area contributed by atoms with Crippen molar-refractivity contribution in [1.82, 2.24) is 4.90 Å². The summed E-state index contributed by atoms with van der Waals surface area (Å²) in [6, 6.07) is 0. The average molecular weight is 286 g/mol. The molecule has 0 aromatic rings. The van der Waals surface area contributed by atoms with Crippen LogP contribution in [0.2, 0.25) is 0 Å². The van der Waals surface area contributed by atoms with Gasteiger partial charge >= 0.3 is 0 Å². The summed E-state index contributed by atoms with van der Waals surface area (Å²) in [7, 11) is 0. The normalized spacial score (nSPS) is 31.2. The minimum Gasteiger partial charge on any atom is -0.342 e. The molecule has 0 radical (unpaired) electrons. The molecule has 1 aliphatic heterocycles. The fourth-order valence-corrected chi connectivity index (χ4v) is 4.14. The molecule has 0 aromatic heterocycles. The summed E-state index contributed by atoms with van der Waals surface area (Å²) < 4.78 is 0. The third kappa shape index (κ3) is 3.65. The third-order valence-corrected chi connectivity index (χ3v) is 5.37. The molecule has 2 aliphatic rings. The zero-order valence-electron chi connectivity index (χ0n) is 12.5. The molecule has 1 amide bonds. The van der Waals surface area contributed by atoms with Gasteiger partial charge in [0, 0.05) is 24.9 Å². The predicted molar refractivity (Wildman–Crippen MR) is 80.4 cm³/mol. The van der Waals surface area contributed by atoms with Crippen LogP contribution in [-0.2, 0) is 4.79 Å². The van der Waals surface area contributed by atoms with Crippen LogP contribution in [0, 0.1) is 17.3 Å². The van der Waals surface area contributed by atoms with Gasteiger partial charge in [0.15, 0.2) is 0 Å². The van der Waals surface area contributed by atoms with Gasteiger partial charge in [-0.15, -0.1) is 11.6 Å². The highest BCUT2D eigenvalue weighted by molar-refractivity contribution is 6.17. The molecular weight excluding hydrogens is 258 g/mol. The average Bonchev–Trinajstić information content (AvgIpc) is 2.38. The Morgan fingerprint density at radius 3 is 2.74 bits per heavy atom. The van der Waals surface area contributed by atoms with E-state index in [1.807, 2.05) is 0 Å². The summed E-state index contributed by atoms with van der Waals surface area (Å²) in [6.45, 7) is 6.45. The quantitative estimate of drug-likeness (QED) is 0.716. The van der Waals surface area contributed by atoms with Gasteiger partial charge in [0.2, 0.25) is 5.91 Å². The van der Waals surface area contributed by atoms with Crippen LogP contribution < -0.4 is 0 Å². The number of likely N-dealkylation sites (tertiary alicyclic amines) is 1. The van der Waals surface area contributed by atoms with Crippen molar-refractivity contribution in [2.75, 3.05) is 19.0 Å². The van der Waals surface area contributed by atoms with Crippen molar-refractivity contribution < 1.29 is 4.79 Å². The molecule has 1 saturated carbocycles. The molecule has 2 nitrogen and oxygen atoms in total. The van der Waals surface area contributed by atoms with Gasteiger partial charge in [-0.3, -0.25) is 4.79 Å². The second-order valence-electron chi connectivity index (χ2n) is 7.06. The molecular formula is C16H28ClNO. The number of alkyl halides is 1. The fourth-order valence-electron chi connectivity index (χ4n) is 3.83. The number of carbonyl (C=O) groups is 1. The number of hydrogen-bond donors (Lipinski definition) is 0. The van der Waals surface area contributed by atoms with Gasteiger partial charge in [-0.2, -0.15) is 0 Å². The molecule has 3 heteroatoms. The molecule has 0 bridgehead atoms. The number of carbonyl (C=O) groups excluding carboxylic acids is 1. The van der Waals surface area contributed by atoms with Crippen molar-refractivity contribution in [2.24, 2.45) is 17.3 Å². The van der Waals surface area contributed by atoms with Crippen LogP contribution >= 0.6 is 11.6 Å². The van der Waals surface area contributed by atoms with E-state index in [0.29, 0.717) is 11.8 Å². The summed E-state index contributed by atoms with van der Waals surface area (Å²) in [5.74, 6) is 2.02. The summed E-state index contributed by atoms with van der Waals surface area (Å²) in [4.78, 5) is 14.9. The molecule has 110 valence electrons. The Bertz CT molecular complexity index is 314. The zero-order chi connectivity index (χ0) is 13.9. The minimum atomic E-state index is 0.189. The van der Waals surface area contributed by atoms with Gasteiger partial charge in [-0.25, -0.2) is 0 Å². The van der Waals surface area contributed by atoms with E-state index in [-0.39, 0.29) is 11.3 Å². The first-order chi connectivity index (χ1) is 9.04. The molecule has 1 saturated heterocycles. The second-order valence-corrected chi connectivity index (χ2v) is 7.44. The lowest BCUT2D eigenvalue weighted by Gasteiger charge is -2.42. The van der Waals surface area contributed by atoms with E-state index in [9.17, 15) is 4.79 Å². The maximum Gasteiger partial charge on any atom is 0.226 e. The highest BCUT2D eigenvalue weighted by Gasteiger charge is 2.39. The predicted octanol–water partition coefficient (Wildman–Crippen LogP) is 4.07. The van der Waals surface area contributed by atoms with Gasteiger partial charge in [0.05, 0.1) is 0 Å². The molecule has 2 atom stereocenters. The topological polar surface area (TPSA) is 20.3 Å². The number of amides is 1. The number of piperidine rings is 1. The Hall–Kier alpha value is -0.240. The smallest absolute Gasteiger partial charge is 0.226 e. The van der Waals surface area contributed by atoms with E-state index in [1.54, 1.807) is 0 Å². The van der Waals surface area contributed by atoms with Crippen molar-refractivity contribution >= 4 is 17.5 Å². The fraction of sp³-hybridized carbons (Fsp3) is 0.938. The number of halogens is 1. The van der Waals surface area contributed by atoms with Gasteiger partial charge in [0.25, 0.3) is 0 Å². The maximum atomic E-state index is 12.8. The molecule has 0 aromatic carbocycles. The highest BCUT2D eigenvalue weighted by Crippen LogP contribution is 2.41. The third-order valence-electron chi connectivity index (χ3n) is 5.15. The van der Waals surface area contributed by atoms with Crippen molar-refractivity contribution in [3.05, 3.63) is 0 Å². The Labute approximate surface area is 122 Å². The van der Waals surface area contributed by atoms with Crippen molar-refractivity contribution in [1.29, 1.82) is 0 Å². The maximum absolute atomic E-state index is 12.8. The monoisotopic (exact) mass is 285 g/mol. The van der Waals surface area contributed by atoms with Crippen LogP contribution in [0.1, 0.15) is 58.8 Å². The van der Waals surface area contributed by atoms with Crippen molar-refractivity contribution in [3.63, 3.8) is 0 Å². The lowest BCUT2D eigenvalue weighted by Crippen LogP contribution is -2.47. The van der Waals surface area contributed by atoms with Crippen LogP contribution in [0.5, 0.6) is 0 Å². The van der Waals surface area contributed by atoms with Gasteiger partial charge in [-0.1, -0.05) is 26.7 Å². The number of hydrogen-bond acceptors (Lipinski definition) is 1. The standard InChI is InChI=1S/C16H28ClNO/c1-16(2)9-4-3-7-14(16)15(19)18-11-5-6-13(12-18)8-10-17/h13-14H,3-12H2,1-2H3. The van der Waals surface area contributed by atoms with Crippen LogP contribution in [-0.4, -0.2) is 29.8 Å². The summed E-state index contributed by atoms with van der Waals surface area (Å²) >= 11 is 5.85. The van der Waals surface area contributed by atoms with Crippen molar-refractivity contribution in [3.8, 4) is 0 Å². The van der Waals surface area contributed by atoms with E-state index in [1.165, 1.54) is 25.7 Å². The molecule has 2 fully saturated rings. The Morgan fingerprint density at radius 1 is 1.26 bits per heavy atom. The van der Waals surface area contributed by atoms with E-state index in [2.05, 4.69) is 18.7 Å². The van der Waals surface area contributed by atoms with Gasteiger partial charge in [0.1, 0.15) is 0 Å². The molecule has 19 heavy (non-hydrogen) atoms. The number of nitrogens with zero attached hydrogens (tertiary/aromatic N) is 1. The zero-order valence-corrected chi connectivity index (χ0v) is 13.2. The van der Waals surface area contributed by atoms with Crippen molar-refractivity contribution in [2.45, 2.75) is 58.8 Å². The summed E-state index contributed by atoms with van der Waals surface area (Å²) in [5, 5.41) is 0. The first kappa shape index (κ1) is 15.2. The first-order valence-electron chi connectivity index (χ1n) is 7.89. The molecule has 2 rings (SSSR count). The lowest BCUT2D eigenvalue weighted by atomic mass is 9.68. The largest absolute Gasteiger partial charge is 0.342 e. The van der Waals surface area contributed by atoms with Crippen LogP contribution in [0.25, 0.3) is 0 Å². The van der Waals surface area contributed by atoms with Crippen LogP contribution in [0.4, 0.5) is 0 Å². The SMILES string of the molecule is CC1(C)CCCCC1C(=O)N1CCCC(CCCl)C1. The molecule has 0 N–H and O–H groups in total. The van der Waals surface area contributed by atoms with E-state index in [0.717, 1.165) is 38.2 Å². The van der Waals surface area contributed by atoms with Crippen LogP contribution in [0.15, 0.2) is 0 Å². The summed E-state index contributed by atoms with van der Waals surface area (Å²) in [6.07, 6.45) is 8.24. The highest BCUT2D eigenvalue weighted by atomic mass is 35.5. The molecule has 0 spiro atoms. The molecule has 1 aliphatic carbocycles. The van der Waals surface area contributed by atoms with Crippen LogP contribution in [0.3, 0.4) is 0 Å².